The molecule has 0 spiro atoms. The Balaban J connectivity index is 1.75. The third kappa shape index (κ3) is 4.31. The van der Waals surface area contributed by atoms with Crippen molar-refractivity contribution >= 4 is 17.3 Å². The van der Waals surface area contributed by atoms with Gasteiger partial charge in [0.25, 0.3) is 0 Å². The molecule has 0 radical (unpaired) electrons. The third-order valence-electron chi connectivity index (χ3n) is 2.80. The van der Waals surface area contributed by atoms with Crippen LogP contribution in [0.15, 0.2) is 41.8 Å². The molecule has 0 aliphatic heterocycles. The maximum Gasteiger partial charge on any atom is 0.193 e. The Morgan fingerprint density at radius 2 is 2.10 bits per heavy atom. The van der Waals surface area contributed by atoms with E-state index >= 15 is 0 Å². The lowest BCUT2D eigenvalue weighted by Gasteiger charge is -2.06. The van der Waals surface area contributed by atoms with Crippen molar-refractivity contribution in [1.29, 1.82) is 0 Å². The molecule has 0 saturated heterocycles. The van der Waals surface area contributed by atoms with Crippen LogP contribution >= 0.6 is 0 Å². The van der Waals surface area contributed by atoms with Crippen molar-refractivity contribution in [2.24, 2.45) is 10.7 Å². The highest BCUT2D eigenvalue weighted by atomic mass is 15.1. The van der Waals surface area contributed by atoms with Crippen LogP contribution in [-0.4, -0.2) is 22.1 Å². The van der Waals surface area contributed by atoms with Crippen molar-refractivity contribution in [3.63, 3.8) is 0 Å². The first-order valence-corrected chi connectivity index (χ1v) is 6.54. The fraction of sp³-hybridized carbons (Fsp3) is 0.286. The van der Waals surface area contributed by atoms with E-state index in [0.29, 0.717) is 12.5 Å². The van der Waals surface area contributed by atoms with Crippen LogP contribution in [0, 0.1) is 6.92 Å². The number of guanidine groups is 1. The van der Waals surface area contributed by atoms with Gasteiger partial charge < -0.3 is 21.4 Å². The highest BCUT2D eigenvalue weighted by Gasteiger charge is 1.96. The number of aryl methyl sites for hydroxylation is 2. The molecule has 0 aliphatic rings. The Morgan fingerprint density at radius 3 is 2.75 bits per heavy atom. The van der Waals surface area contributed by atoms with Gasteiger partial charge in [0.05, 0.1) is 12.0 Å². The molecule has 20 heavy (non-hydrogen) atoms. The Labute approximate surface area is 118 Å². The van der Waals surface area contributed by atoms with Gasteiger partial charge >= 0.3 is 0 Å². The zero-order chi connectivity index (χ0) is 14.4. The number of rotatable bonds is 5. The number of imidazole rings is 1. The predicted octanol–water partition coefficient (Wildman–Crippen LogP) is 1.59. The molecule has 2 rings (SSSR count). The highest BCUT2D eigenvalue weighted by molar-refractivity contribution is 5.92. The quantitative estimate of drug-likeness (QED) is 0.333. The number of nitrogens with two attached hydrogens (primary N) is 2. The fourth-order valence-corrected chi connectivity index (χ4v) is 1.80. The second kappa shape index (κ2) is 6.60. The Kier molecular flexibility index (Phi) is 4.60. The minimum Gasteiger partial charge on any atom is -0.399 e. The molecular weight excluding hydrogens is 252 g/mol. The van der Waals surface area contributed by atoms with Crippen molar-refractivity contribution < 1.29 is 0 Å². The van der Waals surface area contributed by atoms with Crippen molar-refractivity contribution in [1.82, 2.24) is 9.55 Å². The molecule has 0 fully saturated rings. The van der Waals surface area contributed by atoms with Crippen molar-refractivity contribution in [2.45, 2.75) is 19.9 Å². The topological polar surface area (TPSA) is 94.2 Å². The van der Waals surface area contributed by atoms with Crippen LogP contribution in [0.2, 0.25) is 0 Å². The fourth-order valence-electron chi connectivity index (χ4n) is 1.80. The molecule has 0 unspecified atom stereocenters. The molecule has 0 aliphatic carbocycles. The number of nitrogens with zero attached hydrogens (tertiary/aromatic N) is 3. The zero-order valence-corrected chi connectivity index (χ0v) is 11.6. The van der Waals surface area contributed by atoms with Gasteiger partial charge in [-0.3, -0.25) is 4.99 Å². The third-order valence-corrected chi connectivity index (χ3v) is 2.80. The van der Waals surface area contributed by atoms with Gasteiger partial charge in [0, 0.05) is 30.7 Å². The average Bonchev–Trinajstić information content (AvgIpc) is 2.83. The molecule has 1 aromatic heterocycles. The number of anilines is 2. The molecule has 5 N–H and O–H groups in total. The summed E-state index contributed by atoms with van der Waals surface area (Å²) in [6.07, 6.45) is 4.76. The summed E-state index contributed by atoms with van der Waals surface area (Å²) in [5.41, 5.74) is 14.1. The summed E-state index contributed by atoms with van der Waals surface area (Å²) in [5.74, 6) is 0.414. The molecule has 1 aromatic carbocycles. The number of aliphatic imine (C=N–C) groups is 1. The van der Waals surface area contributed by atoms with Gasteiger partial charge in [-0.05, 0) is 37.6 Å². The van der Waals surface area contributed by atoms with Crippen LogP contribution in [0.25, 0.3) is 0 Å². The van der Waals surface area contributed by atoms with Gasteiger partial charge in [-0.1, -0.05) is 0 Å². The van der Waals surface area contributed by atoms with E-state index < -0.39 is 0 Å². The number of nitrogen functional groups attached to an aromatic ring is 1. The second-order valence-corrected chi connectivity index (χ2v) is 4.62. The lowest BCUT2D eigenvalue weighted by Crippen LogP contribution is -2.22. The molecule has 1 heterocycles. The molecule has 0 amide bonds. The molecule has 0 bridgehead atoms. The normalized spacial score (nSPS) is 11.6. The van der Waals surface area contributed by atoms with Gasteiger partial charge in [0.2, 0.25) is 0 Å². The summed E-state index contributed by atoms with van der Waals surface area (Å²) >= 11 is 0. The molecule has 2 aromatic rings. The van der Waals surface area contributed by atoms with E-state index in [1.165, 1.54) is 0 Å². The summed E-state index contributed by atoms with van der Waals surface area (Å²) in [4.78, 5) is 8.46. The maximum absolute atomic E-state index is 5.82. The monoisotopic (exact) mass is 272 g/mol. The van der Waals surface area contributed by atoms with E-state index in [-0.39, 0.29) is 0 Å². The summed E-state index contributed by atoms with van der Waals surface area (Å²) in [6.45, 7) is 3.54. The van der Waals surface area contributed by atoms with E-state index in [9.17, 15) is 0 Å². The number of nitrogens with one attached hydrogen (secondary N) is 1. The minimum atomic E-state index is 0.414. The van der Waals surface area contributed by atoms with Crippen molar-refractivity contribution in [2.75, 3.05) is 17.6 Å². The van der Waals surface area contributed by atoms with Crippen LogP contribution in [0.1, 0.15) is 12.1 Å². The molecule has 6 nitrogen and oxygen atoms in total. The van der Waals surface area contributed by atoms with Crippen molar-refractivity contribution in [3.8, 4) is 0 Å². The Morgan fingerprint density at radius 1 is 1.35 bits per heavy atom. The average molecular weight is 272 g/mol. The van der Waals surface area contributed by atoms with E-state index in [1.807, 2.05) is 43.7 Å². The van der Waals surface area contributed by atoms with E-state index in [0.717, 1.165) is 30.0 Å². The molecule has 6 heteroatoms. The Bertz CT molecular complexity index is 570. The largest absolute Gasteiger partial charge is 0.399 e. The SMILES string of the molecule is Cc1cn(CCCN=C(N)Nc2ccc(N)cc2)cn1. The standard InChI is InChI=1S/C14H20N6/c1-11-9-20(10-18-11)8-2-7-17-14(16)19-13-5-3-12(15)4-6-13/h3-6,9-10H,2,7-8,15H2,1H3,(H3,16,17,19). The smallest absolute Gasteiger partial charge is 0.193 e. The van der Waals surface area contributed by atoms with E-state index in [4.69, 9.17) is 11.5 Å². The van der Waals surface area contributed by atoms with Crippen LogP contribution < -0.4 is 16.8 Å². The lowest BCUT2D eigenvalue weighted by molar-refractivity contribution is 0.650. The van der Waals surface area contributed by atoms with Crippen LogP contribution in [0.3, 0.4) is 0 Å². The van der Waals surface area contributed by atoms with Gasteiger partial charge in [-0.15, -0.1) is 0 Å². The van der Waals surface area contributed by atoms with Gasteiger partial charge in [-0.25, -0.2) is 4.98 Å². The molecule has 106 valence electrons. The second-order valence-electron chi connectivity index (χ2n) is 4.62. The molecule has 0 saturated carbocycles. The first-order chi connectivity index (χ1) is 9.63. The summed E-state index contributed by atoms with van der Waals surface area (Å²) in [7, 11) is 0. The zero-order valence-electron chi connectivity index (χ0n) is 11.6. The Hall–Kier alpha value is -2.50. The van der Waals surface area contributed by atoms with Crippen molar-refractivity contribution in [3.05, 3.63) is 42.5 Å². The predicted molar refractivity (Wildman–Crippen MR) is 82.5 cm³/mol. The summed E-state index contributed by atoms with van der Waals surface area (Å²) < 4.78 is 2.05. The minimum absolute atomic E-state index is 0.414. The number of hydrogen-bond acceptors (Lipinski definition) is 3. The van der Waals surface area contributed by atoms with Gasteiger partial charge in [-0.2, -0.15) is 0 Å². The summed E-state index contributed by atoms with van der Waals surface area (Å²) in [6, 6.07) is 7.37. The molecular formula is C14H20N6. The lowest BCUT2D eigenvalue weighted by atomic mass is 10.3. The number of aromatic nitrogens is 2. The van der Waals surface area contributed by atoms with Crippen LogP contribution in [0.5, 0.6) is 0 Å². The number of benzene rings is 1. The van der Waals surface area contributed by atoms with Crippen LogP contribution in [0.4, 0.5) is 11.4 Å². The van der Waals surface area contributed by atoms with E-state index in [2.05, 4.69) is 19.9 Å². The van der Waals surface area contributed by atoms with Crippen LogP contribution in [-0.2, 0) is 6.54 Å². The van der Waals surface area contributed by atoms with Gasteiger partial charge in [0.1, 0.15) is 0 Å². The van der Waals surface area contributed by atoms with Gasteiger partial charge in [0.15, 0.2) is 5.96 Å². The first-order valence-electron chi connectivity index (χ1n) is 6.54. The number of hydrogen-bond donors (Lipinski definition) is 3. The summed E-state index contributed by atoms with van der Waals surface area (Å²) in [5, 5.41) is 3.02. The van der Waals surface area contributed by atoms with E-state index in [1.54, 1.807) is 0 Å². The molecule has 0 atom stereocenters. The first kappa shape index (κ1) is 13.9. The highest BCUT2D eigenvalue weighted by Crippen LogP contribution is 2.09. The maximum atomic E-state index is 5.82.